The first-order chi connectivity index (χ1) is 15.8. The Hall–Kier alpha value is -2.34. The summed E-state index contributed by atoms with van der Waals surface area (Å²) in [5.41, 5.74) is -5.60. The summed E-state index contributed by atoms with van der Waals surface area (Å²) in [5.74, 6) is -3.97. The van der Waals surface area contributed by atoms with E-state index in [1.807, 2.05) is 0 Å². The number of allylic oxidation sites excluding steroid dienone is 1. The van der Waals surface area contributed by atoms with Crippen LogP contribution < -0.4 is 0 Å². The van der Waals surface area contributed by atoms with E-state index in [0.29, 0.717) is 12.1 Å². The molecule has 0 aliphatic rings. The molecule has 1 unspecified atom stereocenters. The van der Waals surface area contributed by atoms with E-state index in [2.05, 4.69) is 0 Å². The lowest BCUT2D eigenvalue weighted by Crippen LogP contribution is -2.66. The third kappa shape index (κ3) is 6.62. The Balaban J connectivity index is 2.58. The molecule has 0 amide bonds. The van der Waals surface area contributed by atoms with Gasteiger partial charge in [0.1, 0.15) is 52.8 Å². The smallest absolute Gasteiger partial charge is 0.126 e. The molecule has 0 fully saturated rings. The van der Waals surface area contributed by atoms with Crippen LogP contribution in [0.1, 0.15) is 24.5 Å². The van der Waals surface area contributed by atoms with Crippen LogP contribution in [0, 0.1) is 23.3 Å². The van der Waals surface area contributed by atoms with Crippen LogP contribution in [0.3, 0.4) is 0 Å². The zero-order chi connectivity index (χ0) is 25.7. The average Bonchev–Trinajstić information content (AvgIpc) is 2.74. The summed E-state index contributed by atoms with van der Waals surface area (Å²) in [6.07, 6.45) is -5.66. The molecule has 10 heteroatoms. The quantitative estimate of drug-likeness (QED) is 0.211. The van der Waals surface area contributed by atoms with Gasteiger partial charge in [0, 0.05) is 25.0 Å². The first kappa shape index (κ1) is 27.9. The van der Waals surface area contributed by atoms with Crippen LogP contribution in [-0.2, 0) is 12.8 Å². The van der Waals surface area contributed by atoms with Crippen LogP contribution in [-0.4, -0.2) is 66.8 Å². The van der Waals surface area contributed by atoms with Crippen molar-refractivity contribution in [3.8, 4) is 0 Å². The largest absolute Gasteiger partial charge is 0.394 e. The second-order valence-electron chi connectivity index (χ2n) is 8.37. The van der Waals surface area contributed by atoms with E-state index in [1.165, 1.54) is 12.2 Å². The molecule has 188 valence electrons. The van der Waals surface area contributed by atoms with Crippen molar-refractivity contribution in [3.05, 3.63) is 82.9 Å². The Bertz CT molecular complexity index is 963. The van der Waals surface area contributed by atoms with Crippen molar-refractivity contribution < 1.29 is 48.2 Å². The molecule has 0 saturated heterocycles. The zero-order valence-electron chi connectivity index (χ0n) is 18.4. The SMILES string of the molecule is C/C=C/CC(O)(Cc1cc(F)cc(F)c1)[C@@H](O)[C@@](O)(Cc1cc(F)cc(F)c1)[C@H](O)[C@@H](O)CO. The Morgan fingerprint density at radius 1 is 0.794 bits per heavy atom. The number of hydrogen-bond acceptors (Lipinski definition) is 6. The highest BCUT2D eigenvalue weighted by Gasteiger charge is 2.54. The van der Waals surface area contributed by atoms with Crippen molar-refractivity contribution in [2.45, 2.75) is 55.7 Å². The lowest BCUT2D eigenvalue weighted by atomic mass is 9.71. The Kier molecular flexibility index (Phi) is 9.35. The summed E-state index contributed by atoms with van der Waals surface area (Å²) in [6, 6.07) is 4.57. The number of halogens is 4. The van der Waals surface area contributed by atoms with Gasteiger partial charge in [-0.3, -0.25) is 0 Å². The normalized spacial score (nSPS) is 18.3. The lowest BCUT2D eigenvalue weighted by molar-refractivity contribution is -0.228. The predicted molar refractivity (Wildman–Crippen MR) is 115 cm³/mol. The van der Waals surface area contributed by atoms with Crippen molar-refractivity contribution in [1.29, 1.82) is 0 Å². The molecule has 0 aliphatic heterocycles. The van der Waals surface area contributed by atoms with Crippen LogP contribution in [0.15, 0.2) is 48.6 Å². The van der Waals surface area contributed by atoms with E-state index >= 15 is 0 Å². The van der Waals surface area contributed by atoms with E-state index in [-0.39, 0.29) is 17.5 Å². The Morgan fingerprint density at radius 3 is 1.65 bits per heavy atom. The Morgan fingerprint density at radius 2 is 1.24 bits per heavy atom. The van der Waals surface area contributed by atoms with Gasteiger partial charge in [0.25, 0.3) is 0 Å². The third-order valence-corrected chi connectivity index (χ3v) is 5.60. The van der Waals surface area contributed by atoms with Gasteiger partial charge in [-0.2, -0.15) is 0 Å². The highest BCUT2D eigenvalue weighted by molar-refractivity contribution is 5.25. The fourth-order valence-electron chi connectivity index (χ4n) is 3.97. The zero-order valence-corrected chi connectivity index (χ0v) is 18.4. The van der Waals surface area contributed by atoms with Gasteiger partial charge in [0.05, 0.1) is 6.61 Å². The minimum absolute atomic E-state index is 0.0973. The van der Waals surface area contributed by atoms with E-state index in [9.17, 15) is 48.2 Å². The Labute approximate surface area is 194 Å². The molecule has 0 spiro atoms. The van der Waals surface area contributed by atoms with Gasteiger partial charge in [-0.15, -0.1) is 0 Å². The number of aliphatic hydroxyl groups is 6. The molecular weight excluding hydrogens is 460 g/mol. The van der Waals surface area contributed by atoms with Crippen LogP contribution in [0.25, 0.3) is 0 Å². The van der Waals surface area contributed by atoms with Gasteiger partial charge in [-0.05, 0) is 48.7 Å². The van der Waals surface area contributed by atoms with Crippen LogP contribution in [0.5, 0.6) is 0 Å². The molecule has 5 atom stereocenters. The molecule has 2 aromatic carbocycles. The van der Waals surface area contributed by atoms with E-state index in [4.69, 9.17) is 0 Å². The average molecular weight is 488 g/mol. The van der Waals surface area contributed by atoms with Gasteiger partial charge < -0.3 is 30.6 Å². The minimum Gasteiger partial charge on any atom is -0.394 e. The molecule has 0 aliphatic carbocycles. The summed E-state index contributed by atoms with van der Waals surface area (Å²) in [4.78, 5) is 0. The van der Waals surface area contributed by atoms with Crippen molar-refractivity contribution in [3.63, 3.8) is 0 Å². The maximum absolute atomic E-state index is 13.7. The topological polar surface area (TPSA) is 121 Å². The van der Waals surface area contributed by atoms with Crippen molar-refractivity contribution in [2.75, 3.05) is 6.61 Å². The van der Waals surface area contributed by atoms with Crippen LogP contribution >= 0.6 is 0 Å². The first-order valence-corrected chi connectivity index (χ1v) is 10.5. The van der Waals surface area contributed by atoms with Crippen molar-refractivity contribution in [2.24, 2.45) is 0 Å². The van der Waals surface area contributed by atoms with Crippen molar-refractivity contribution >= 4 is 0 Å². The van der Waals surface area contributed by atoms with Gasteiger partial charge in [-0.25, -0.2) is 17.6 Å². The van der Waals surface area contributed by atoms with Crippen molar-refractivity contribution in [1.82, 2.24) is 0 Å². The van der Waals surface area contributed by atoms with Gasteiger partial charge >= 0.3 is 0 Å². The number of rotatable bonds is 11. The van der Waals surface area contributed by atoms with Gasteiger partial charge in [-0.1, -0.05) is 12.2 Å². The second kappa shape index (κ2) is 11.4. The second-order valence-corrected chi connectivity index (χ2v) is 8.37. The van der Waals surface area contributed by atoms with Crippen LogP contribution in [0.4, 0.5) is 17.6 Å². The van der Waals surface area contributed by atoms with Gasteiger partial charge in [0.2, 0.25) is 0 Å². The molecular formula is C24H28F4O6. The molecule has 2 aromatic rings. The minimum atomic E-state index is -2.87. The summed E-state index contributed by atoms with van der Waals surface area (Å²) in [6.45, 7) is 0.525. The lowest BCUT2D eigenvalue weighted by Gasteiger charge is -2.46. The van der Waals surface area contributed by atoms with E-state index < -0.39 is 72.2 Å². The van der Waals surface area contributed by atoms with Gasteiger partial charge in [0.15, 0.2) is 0 Å². The van der Waals surface area contributed by atoms with E-state index in [0.717, 1.165) is 24.3 Å². The van der Waals surface area contributed by atoms with E-state index in [1.54, 1.807) is 6.92 Å². The molecule has 6 N–H and O–H groups in total. The maximum atomic E-state index is 13.7. The maximum Gasteiger partial charge on any atom is 0.126 e. The molecule has 0 radical (unpaired) electrons. The molecule has 34 heavy (non-hydrogen) atoms. The number of aliphatic hydroxyl groups excluding tert-OH is 4. The number of hydrogen-bond donors (Lipinski definition) is 6. The molecule has 0 bridgehead atoms. The molecule has 6 nitrogen and oxygen atoms in total. The first-order valence-electron chi connectivity index (χ1n) is 10.5. The fourth-order valence-corrected chi connectivity index (χ4v) is 3.97. The molecule has 2 rings (SSSR count). The molecule has 0 saturated carbocycles. The monoisotopic (exact) mass is 488 g/mol. The summed E-state index contributed by atoms with van der Waals surface area (Å²) >= 11 is 0. The third-order valence-electron chi connectivity index (χ3n) is 5.60. The standard InChI is InChI=1S/C24H28F4O6/c1-2-3-4-23(33,11-14-5-16(25)9-17(26)6-14)22(32)24(34,21(31)20(30)13-29)12-15-7-18(27)10-19(28)8-15/h2-3,5-10,20-22,29-34H,4,11-13H2,1H3/b3-2+/t20-,21+,22+,23?,24+/m0/s1. The number of benzene rings is 2. The summed E-state index contributed by atoms with van der Waals surface area (Å²) < 4.78 is 54.9. The van der Waals surface area contributed by atoms with Crippen LogP contribution in [0.2, 0.25) is 0 Å². The fraction of sp³-hybridized carbons (Fsp3) is 0.417. The highest BCUT2D eigenvalue weighted by Crippen LogP contribution is 2.35. The molecule has 0 aromatic heterocycles. The molecule has 0 heterocycles. The predicted octanol–water partition coefficient (Wildman–Crippen LogP) is 1.53. The highest BCUT2D eigenvalue weighted by atomic mass is 19.1. The summed E-state index contributed by atoms with van der Waals surface area (Å²) in [7, 11) is 0. The summed E-state index contributed by atoms with van der Waals surface area (Å²) in [5, 5.41) is 63.7.